The zero-order valence-electron chi connectivity index (χ0n) is 13.5. The van der Waals surface area contributed by atoms with Crippen molar-refractivity contribution in [3.63, 3.8) is 0 Å². The highest BCUT2D eigenvalue weighted by Gasteiger charge is 2.19. The second-order valence-corrected chi connectivity index (χ2v) is 7.48. The van der Waals surface area contributed by atoms with E-state index < -0.39 is 10.8 Å². The van der Waals surface area contributed by atoms with Crippen LogP contribution in [0.3, 0.4) is 0 Å². The molecule has 6 nitrogen and oxygen atoms in total. The monoisotopic (exact) mass is 334 g/mol. The molecule has 2 atom stereocenters. The van der Waals surface area contributed by atoms with Crippen LogP contribution in [0.25, 0.3) is 11.0 Å². The summed E-state index contributed by atoms with van der Waals surface area (Å²) < 4.78 is 17.0. The SMILES string of the molecule is CC(CNc1nc2ccccc2nc1N1CCOCC1)S(C)=O. The van der Waals surface area contributed by atoms with Gasteiger partial charge in [-0.2, -0.15) is 0 Å². The lowest BCUT2D eigenvalue weighted by molar-refractivity contribution is 0.122. The quantitative estimate of drug-likeness (QED) is 0.897. The number of hydrogen-bond donors (Lipinski definition) is 1. The van der Waals surface area contributed by atoms with Crippen molar-refractivity contribution < 1.29 is 8.95 Å². The van der Waals surface area contributed by atoms with Crippen LogP contribution in [0.4, 0.5) is 11.6 Å². The average Bonchev–Trinajstić information content (AvgIpc) is 2.59. The maximum absolute atomic E-state index is 11.6. The van der Waals surface area contributed by atoms with Crippen molar-refractivity contribution in [3.05, 3.63) is 24.3 Å². The summed E-state index contributed by atoms with van der Waals surface area (Å²) in [6.45, 7) is 5.57. The molecule has 2 aromatic rings. The summed E-state index contributed by atoms with van der Waals surface area (Å²) in [6, 6.07) is 7.85. The van der Waals surface area contributed by atoms with Crippen LogP contribution in [0, 0.1) is 0 Å². The number of nitrogens with zero attached hydrogens (tertiary/aromatic N) is 3. The standard InChI is InChI=1S/C16H22N4O2S/c1-12(23(2)21)11-17-15-16(20-7-9-22-10-8-20)19-14-6-4-3-5-13(14)18-15/h3-6,12H,7-11H2,1-2H3,(H,17,18). The molecular formula is C16H22N4O2S. The van der Waals surface area contributed by atoms with E-state index in [1.54, 1.807) is 6.26 Å². The van der Waals surface area contributed by atoms with Crippen molar-refractivity contribution in [2.75, 3.05) is 49.3 Å². The lowest BCUT2D eigenvalue weighted by Gasteiger charge is -2.29. The Kier molecular flexibility index (Phi) is 5.07. The molecule has 1 aromatic heterocycles. The summed E-state index contributed by atoms with van der Waals surface area (Å²) in [7, 11) is -0.867. The van der Waals surface area contributed by atoms with E-state index in [4.69, 9.17) is 14.7 Å². The Morgan fingerprint density at radius 3 is 2.57 bits per heavy atom. The fourth-order valence-electron chi connectivity index (χ4n) is 2.46. The van der Waals surface area contributed by atoms with E-state index in [-0.39, 0.29) is 5.25 Å². The van der Waals surface area contributed by atoms with Gasteiger partial charge in [-0.15, -0.1) is 0 Å². The van der Waals surface area contributed by atoms with E-state index in [2.05, 4.69) is 10.2 Å². The number of ether oxygens (including phenoxy) is 1. The van der Waals surface area contributed by atoms with Crippen molar-refractivity contribution in [1.82, 2.24) is 9.97 Å². The van der Waals surface area contributed by atoms with Gasteiger partial charge in [0.1, 0.15) is 0 Å². The first-order valence-corrected chi connectivity index (χ1v) is 9.43. The largest absolute Gasteiger partial charge is 0.378 e. The van der Waals surface area contributed by atoms with Crippen LogP contribution in [-0.4, -0.2) is 58.5 Å². The minimum absolute atomic E-state index is 0.0563. The molecule has 0 amide bonds. The second kappa shape index (κ2) is 7.23. The van der Waals surface area contributed by atoms with Crippen molar-refractivity contribution in [3.8, 4) is 0 Å². The number of nitrogens with one attached hydrogen (secondary N) is 1. The summed E-state index contributed by atoms with van der Waals surface area (Å²) in [5.41, 5.74) is 1.74. The van der Waals surface area contributed by atoms with E-state index >= 15 is 0 Å². The third kappa shape index (κ3) is 3.79. The normalized spacial score (nSPS) is 17.9. The van der Waals surface area contributed by atoms with E-state index in [0.29, 0.717) is 19.8 Å². The Labute approximate surface area is 138 Å². The molecular weight excluding hydrogens is 312 g/mol. The molecule has 0 saturated carbocycles. The number of rotatable bonds is 5. The molecule has 1 N–H and O–H groups in total. The molecule has 0 spiro atoms. The summed E-state index contributed by atoms with van der Waals surface area (Å²) in [6.07, 6.45) is 1.72. The Morgan fingerprint density at radius 1 is 1.26 bits per heavy atom. The van der Waals surface area contributed by atoms with Crippen LogP contribution in [0.15, 0.2) is 24.3 Å². The molecule has 124 valence electrons. The Hall–Kier alpha value is -1.73. The zero-order chi connectivity index (χ0) is 16.2. The van der Waals surface area contributed by atoms with E-state index in [0.717, 1.165) is 35.8 Å². The van der Waals surface area contributed by atoms with Crippen LogP contribution < -0.4 is 10.2 Å². The fourth-order valence-corrected chi connectivity index (χ4v) is 2.78. The highest BCUT2D eigenvalue weighted by Crippen LogP contribution is 2.25. The van der Waals surface area contributed by atoms with Crippen LogP contribution in [0.5, 0.6) is 0 Å². The number of benzene rings is 1. The molecule has 1 aromatic carbocycles. The van der Waals surface area contributed by atoms with Crippen LogP contribution in [0.2, 0.25) is 0 Å². The minimum Gasteiger partial charge on any atom is -0.378 e. The van der Waals surface area contributed by atoms with Gasteiger partial charge in [0, 0.05) is 41.9 Å². The average molecular weight is 334 g/mol. The maximum atomic E-state index is 11.6. The molecule has 2 heterocycles. The molecule has 2 unspecified atom stereocenters. The lowest BCUT2D eigenvalue weighted by atomic mass is 10.3. The van der Waals surface area contributed by atoms with Gasteiger partial charge in [-0.1, -0.05) is 12.1 Å². The third-order valence-electron chi connectivity index (χ3n) is 3.99. The van der Waals surface area contributed by atoms with E-state index in [9.17, 15) is 4.21 Å². The third-order valence-corrected chi connectivity index (χ3v) is 5.29. The summed E-state index contributed by atoms with van der Waals surface area (Å²) in [5, 5.41) is 3.39. The molecule has 3 rings (SSSR count). The lowest BCUT2D eigenvalue weighted by Crippen LogP contribution is -2.37. The van der Waals surface area contributed by atoms with Gasteiger partial charge in [0.05, 0.1) is 24.2 Å². The number of para-hydroxylation sites is 2. The van der Waals surface area contributed by atoms with Gasteiger partial charge < -0.3 is 15.0 Å². The Balaban J connectivity index is 1.93. The second-order valence-electron chi connectivity index (χ2n) is 5.67. The van der Waals surface area contributed by atoms with Crippen LogP contribution in [-0.2, 0) is 15.5 Å². The first-order chi connectivity index (χ1) is 11.1. The molecule has 0 aliphatic carbocycles. The van der Waals surface area contributed by atoms with E-state index in [1.165, 1.54) is 0 Å². The van der Waals surface area contributed by atoms with Gasteiger partial charge >= 0.3 is 0 Å². The summed E-state index contributed by atoms with van der Waals surface area (Å²) >= 11 is 0. The Bertz CT molecular complexity index is 704. The van der Waals surface area contributed by atoms with Crippen molar-refractivity contribution in [2.45, 2.75) is 12.2 Å². The van der Waals surface area contributed by atoms with Crippen molar-refractivity contribution in [1.29, 1.82) is 0 Å². The first-order valence-electron chi connectivity index (χ1n) is 7.80. The number of hydrogen-bond acceptors (Lipinski definition) is 6. The van der Waals surface area contributed by atoms with Gasteiger partial charge in [-0.3, -0.25) is 4.21 Å². The molecule has 0 radical (unpaired) electrons. The summed E-state index contributed by atoms with van der Waals surface area (Å²) in [4.78, 5) is 11.7. The number of morpholine rings is 1. The van der Waals surface area contributed by atoms with Crippen LogP contribution >= 0.6 is 0 Å². The highest BCUT2D eigenvalue weighted by molar-refractivity contribution is 7.84. The predicted octanol–water partition coefficient (Wildman–Crippen LogP) is 1.65. The minimum atomic E-state index is -0.867. The number of anilines is 2. The van der Waals surface area contributed by atoms with Gasteiger partial charge in [-0.05, 0) is 19.1 Å². The fraction of sp³-hybridized carbons (Fsp3) is 0.500. The first kappa shape index (κ1) is 16.1. The topological polar surface area (TPSA) is 67.3 Å². The van der Waals surface area contributed by atoms with Crippen molar-refractivity contribution in [2.24, 2.45) is 0 Å². The van der Waals surface area contributed by atoms with Gasteiger partial charge in [0.15, 0.2) is 11.6 Å². The van der Waals surface area contributed by atoms with Gasteiger partial charge in [-0.25, -0.2) is 9.97 Å². The summed E-state index contributed by atoms with van der Waals surface area (Å²) in [5.74, 6) is 1.60. The van der Waals surface area contributed by atoms with Gasteiger partial charge in [0.2, 0.25) is 0 Å². The molecule has 23 heavy (non-hydrogen) atoms. The smallest absolute Gasteiger partial charge is 0.172 e. The predicted molar refractivity (Wildman–Crippen MR) is 94.6 cm³/mol. The molecule has 1 saturated heterocycles. The number of fused-ring (bicyclic) bond motifs is 1. The van der Waals surface area contributed by atoms with Gasteiger partial charge in [0.25, 0.3) is 0 Å². The molecule has 1 aliphatic heterocycles. The number of aromatic nitrogens is 2. The van der Waals surface area contributed by atoms with Crippen molar-refractivity contribution >= 4 is 33.5 Å². The zero-order valence-corrected chi connectivity index (χ0v) is 14.3. The molecule has 7 heteroatoms. The molecule has 0 bridgehead atoms. The van der Waals surface area contributed by atoms with E-state index in [1.807, 2.05) is 31.2 Å². The molecule has 1 fully saturated rings. The van der Waals surface area contributed by atoms with Crippen LogP contribution in [0.1, 0.15) is 6.92 Å². The molecule has 1 aliphatic rings. The Morgan fingerprint density at radius 2 is 1.91 bits per heavy atom. The maximum Gasteiger partial charge on any atom is 0.172 e. The highest BCUT2D eigenvalue weighted by atomic mass is 32.2.